The predicted molar refractivity (Wildman–Crippen MR) is 114 cm³/mol. The molecule has 150 valence electrons. The van der Waals surface area contributed by atoms with E-state index >= 15 is 0 Å². The fourth-order valence-electron chi connectivity index (χ4n) is 3.36. The molecule has 4 nitrogen and oxygen atoms in total. The van der Waals surface area contributed by atoms with E-state index in [1.165, 1.54) is 5.56 Å². The van der Waals surface area contributed by atoms with Crippen molar-refractivity contribution >= 4 is 11.8 Å². The molecule has 0 radical (unpaired) electrons. The van der Waals surface area contributed by atoms with Crippen LogP contribution >= 0.6 is 0 Å². The van der Waals surface area contributed by atoms with Crippen molar-refractivity contribution in [3.05, 3.63) is 70.3 Å². The van der Waals surface area contributed by atoms with Gasteiger partial charge in [0, 0.05) is 13.1 Å². The Morgan fingerprint density at radius 2 is 1.61 bits per heavy atom. The van der Waals surface area contributed by atoms with Gasteiger partial charge in [-0.15, -0.1) is 0 Å². The van der Waals surface area contributed by atoms with Crippen molar-refractivity contribution in [2.45, 2.75) is 60.0 Å². The van der Waals surface area contributed by atoms with Crippen molar-refractivity contribution in [1.82, 2.24) is 10.2 Å². The second-order valence-electron chi connectivity index (χ2n) is 7.43. The first kappa shape index (κ1) is 21.7. The van der Waals surface area contributed by atoms with Crippen LogP contribution in [-0.4, -0.2) is 29.3 Å². The van der Waals surface area contributed by atoms with Gasteiger partial charge < -0.3 is 10.2 Å². The smallest absolute Gasteiger partial charge is 0.242 e. The van der Waals surface area contributed by atoms with Crippen LogP contribution in [0.3, 0.4) is 0 Å². The molecular formula is C24H32N2O2. The molecule has 2 amide bonds. The zero-order valence-corrected chi connectivity index (χ0v) is 17.7. The molecule has 0 fully saturated rings. The Morgan fingerprint density at radius 3 is 2.21 bits per heavy atom. The Bertz CT molecular complexity index is 812. The van der Waals surface area contributed by atoms with Gasteiger partial charge in [0.25, 0.3) is 0 Å². The van der Waals surface area contributed by atoms with Crippen molar-refractivity contribution in [2.75, 3.05) is 6.54 Å². The number of hydrogen-bond donors (Lipinski definition) is 1. The quantitative estimate of drug-likeness (QED) is 0.750. The fourth-order valence-corrected chi connectivity index (χ4v) is 3.36. The van der Waals surface area contributed by atoms with Crippen LogP contribution in [-0.2, 0) is 22.6 Å². The van der Waals surface area contributed by atoms with Gasteiger partial charge in [0.1, 0.15) is 6.04 Å². The van der Waals surface area contributed by atoms with E-state index in [9.17, 15) is 9.59 Å². The largest absolute Gasteiger partial charge is 0.355 e. The van der Waals surface area contributed by atoms with Crippen molar-refractivity contribution < 1.29 is 9.59 Å². The molecule has 0 aliphatic carbocycles. The lowest BCUT2D eigenvalue weighted by atomic mass is 10.0. The van der Waals surface area contributed by atoms with E-state index in [0.29, 0.717) is 25.9 Å². The molecule has 0 aromatic heterocycles. The summed E-state index contributed by atoms with van der Waals surface area (Å²) in [6, 6.07) is 13.8. The average Bonchev–Trinajstić information content (AvgIpc) is 2.66. The van der Waals surface area contributed by atoms with Crippen LogP contribution in [0.15, 0.2) is 42.5 Å². The summed E-state index contributed by atoms with van der Waals surface area (Å²) in [5.41, 5.74) is 5.45. The van der Waals surface area contributed by atoms with Gasteiger partial charge in [-0.2, -0.15) is 0 Å². The van der Waals surface area contributed by atoms with Crippen molar-refractivity contribution in [2.24, 2.45) is 0 Å². The summed E-state index contributed by atoms with van der Waals surface area (Å²) < 4.78 is 0. The Balaban J connectivity index is 2.32. The number of carbonyl (C=O) groups excluding carboxylic acids is 2. The molecule has 0 bridgehead atoms. The van der Waals surface area contributed by atoms with Gasteiger partial charge in [0.2, 0.25) is 11.8 Å². The van der Waals surface area contributed by atoms with E-state index < -0.39 is 6.04 Å². The third-order valence-electron chi connectivity index (χ3n) is 5.06. The lowest BCUT2D eigenvalue weighted by molar-refractivity contribution is -0.140. The molecule has 1 N–H and O–H groups in total. The molecule has 4 heteroatoms. The summed E-state index contributed by atoms with van der Waals surface area (Å²) in [4.78, 5) is 27.7. The van der Waals surface area contributed by atoms with Crippen molar-refractivity contribution in [3.8, 4) is 0 Å². The van der Waals surface area contributed by atoms with E-state index in [0.717, 1.165) is 22.3 Å². The Labute approximate surface area is 169 Å². The molecule has 0 aliphatic rings. The number of likely N-dealkylation sites (N-methyl/N-ethyl adjacent to an activating group) is 1. The highest BCUT2D eigenvalue weighted by Crippen LogP contribution is 2.17. The van der Waals surface area contributed by atoms with E-state index in [4.69, 9.17) is 0 Å². The minimum Gasteiger partial charge on any atom is -0.355 e. The van der Waals surface area contributed by atoms with Crippen LogP contribution in [0, 0.1) is 20.8 Å². The van der Waals surface area contributed by atoms with Crippen molar-refractivity contribution in [1.29, 1.82) is 0 Å². The second-order valence-corrected chi connectivity index (χ2v) is 7.43. The summed E-state index contributed by atoms with van der Waals surface area (Å²) in [5.74, 6) is -0.112. The molecule has 0 heterocycles. The summed E-state index contributed by atoms with van der Waals surface area (Å²) >= 11 is 0. The van der Waals surface area contributed by atoms with E-state index in [-0.39, 0.29) is 11.8 Å². The number of benzene rings is 2. The Morgan fingerprint density at radius 1 is 0.964 bits per heavy atom. The monoisotopic (exact) mass is 380 g/mol. The molecule has 0 saturated carbocycles. The van der Waals surface area contributed by atoms with Crippen LogP contribution in [0.1, 0.15) is 48.1 Å². The van der Waals surface area contributed by atoms with Gasteiger partial charge in [0.05, 0.1) is 6.42 Å². The van der Waals surface area contributed by atoms with Gasteiger partial charge in [-0.25, -0.2) is 0 Å². The normalized spacial score (nSPS) is 11.8. The third-order valence-corrected chi connectivity index (χ3v) is 5.06. The Hall–Kier alpha value is -2.62. The lowest BCUT2D eigenvalue weighted by Gasteiger charge is -2.31. The highest BCUT2D eigenvalue weighted by Gasteiger charge is 2.28. The second kappa shape index (κ2) is 10.1. The molecule has 2 rings (SSSR count). The molecule has 2 aromatic carbocycles. The number of carbonyl (C=O) groups is 2. The Kier molecular flexibility index (Phi) is 7.80. The summed E-state index contributed by atoms with van der Waals surface area (Å²) in [6.07, 6.45) is 0.880. The van der Waals surface area contributed by atoms with Gasteiger partial charge in [-0.05, 0) is 50.8 Å². The van der Waals surface area contributed by atoms with Crippen LogP contribution in [0.5, 0.6) is 0 Å². The first-order chi connectivity index (χ1) is 13.3. The highest BCUT2D eigenvalue weighted by molar-refractivity contribution is 5.88. The van der Waals surface area contributed by atoms with Gasteiger partial charge in [-0.3, -0.25) is 9.59 Å². The highest BCUT2D eigenvalue weighted by atomic mass is 16.2. The molecule has 0 aliphatic heterocycles. The maximum atomic E-state index is 13.3. The molecule has 1 unspecified atom stereocenters. The van der Waals surface area contributed by atoms with Gasteiger partial charge in [0.15, 0.2) is 0 Å². The molecule has 2 aromatic rings. The third kappa shape index (κ3) is 5.69. The van der Waals surface area contributed by atoms with E-state index in [2.05, 4.69) is 17.4 Å². The number of nitrogens with one attached hydrogen (secondary N) is 1. The van der Waals surface area contributed by atoms with E-state index in [1.54, 1.807) is 4.90 Å². The maximum absolute atomic E-state index is 13.3. The zero-order valence-electron chi connectivity index (χ0n) is 17.7. The van der Waals surface area contributed by atoms with Crippen molar-refractivity contribution in [3.63, 3.8) is 0 Å². The summed E-state index contributed by atoms with van der Waals surface area (Å²) in [7, 11) is 0. The van der Waals surface area contributed by atoms with E-state index in [1.807, 2.05) is 65.0 Å². The molecule has 0 saturated heterocycles. The summed E-state index contributed by atoms with van der Waals surface area (Å²) in [5, 5.41) is 2.88. The van der Waals surface area contributed by atoms with Crippen LogP contribution in [0.25, 0.3) is 0 Å². The predicted octanol–water partition coefficient (Wildman–Crippen LogP) is 4.10. The SMILES string of the molecule is CCNC(=O)C(CC)N(Cc1ccc(C)cc1)C(=O)Cc1cc(C)ccc1C. The standard InChI is InChI=1S/C24H32N2O2/c1-6-22(24(28)25-7-2)26(16-20-12-9-17(3)10-13-20)23(27)15-21-14-18(4)8-11-19(21)5/h8-14,22H,6-7,15-16H2,1-5H3,(H,25,28). The number of hydrogen-bond acceptors (Lipinski definition) is 2. The first-order valence-electron chi connectivity index (χ1n) is 10.0. The number of aryl methyl sites for hydroxylation is 3. The van der Waals surface area contributed by atoms with Crippen LogP contribution in [0.4, 0.5) is 0 Å². The van der Waals surface area contributed by atoms with Gasteiger partial charge in [-0.1, -0.05) is 60.5 Å². The van der Waals surface area contributed by atoms with Gasteiger partial charge >= 0.3 is 0 Å². The summed E-state index contributed by atoms with van der Waals surface area (Å²) in [6.45, 7) is 10.9. The topological polar surface area (TPSA) is 49.4 Å². The first-order valence-corrected chi connectivity index (χ1v) is 10.0. The van der Waals surface area contributed by atoms with Crippen LogP contribution in [0.2, 0.25) is 0 Å². The fraction of sp³-hybridized carbons (Fsp3) is 0.417. The molecule has 0 spiro atoms. The molecule has 28 heavy (non-hydrogen) atoms. The lowest BCUT2D eigenvalue weighted by Crippen LogP contribution is -2.49. The van der Waals surface area contributed by atoms with Crippen LogP contribution < -0.4 is 5.32 Å². The number of amides is 2. The number of rotatable bonds is 8. The average molecular weight is 381 g/mol. The number of nitrogens with zero attached hydrogens (tertiary/aromatic N) is 1. The minimum atomic E-state index is -0.473. The maximum Gasteiger partial charge on any atom is 0.242 e. The minimum absolute atomic E-state index is 0.0209. The molecule has 1 atom stereocenters. The zero-order chi connectivity index (χ0) is 20.7. The molecular weight excluding hydrogens is 348 g/mol.